The summed E-state index contributed by atoms with van der Waals surface area (Å²) in [6, 6.07) is 1.99. The van der Waals surface area contributed by atoms with E-state index in [-0.39, 0.29) is 21.6 Å². The summed E-state index contributed by atoms with van der Waals surface area (Å²) in [5.41, 5.74) is 0. The van der Waals surface area contributed by atoms with Gasteiger partial charge >= 0.3 is 0 Å². The molecule has 0 amide bonds. The van der Waals surface area contributed by atoms with E-state index in [2.05, 4.69) is 66.8 Å². The molecule has 27 heavy (non-hydrogen) atoms. The van der Waals surface area contributed by atoms with E-state index in [0.717, 1.165) is 12.1 Å². The van der Waals surface area contributed by atoms with Crippen LogP contribution in [0.1, 0.15) is 54.4 Å². The molecule has 0 N–H and O–H groups in total. The molecule has 0 spiro atoms. The number of ketones is 2. The Hall–Kier alpha value is -0.786. The Labute approximate surface area is 167 Å². The first-order valence-electron chi connectivity index (χ1n) is 10.3. The summed E-state index contributed by atoms with van der Waals surface area (Å²) in [5, 5.41) is 0.181. The lowest BCUT2D eigenvalue weighted by Crippen LogP contribution is -2.58. The lowest BCUT2D eigenvalue weighted by Gasteiger charge is -2.51. The summed E-state index contributed by atoms with van der Waals surface area (Å²) in [4.78, 5) is 23.5. The normalized spacial score (nSPS) is 27.9. The largest absolute Gasteiger partial charge is 0.454 e. The molecule has 4 atom stereocenters. The van der Waals surface area contributed by atoms with Gasteiger partial charge in [0.05, 0.1) is 0 Å². The summed E-state index contributed by atoms with van der Waals surface area (Å²) in [6.07, 6.45) is 8.95. The number of carbonyl (C=O) groups is 2. The second-order valence-electron chi connectivity index (χ2n) is 11.1. The van der Waals surface area contributed by atoms with Gasteiger partial charge < -0.3 is 4.12 Å². The second kappa shape index (κ2) is 7.56. The van der Waals surface area contributed by atoms with Gasteiger partial charge in [0.25, 0.3) is 0 Å². The average Bonchev–Trinajstić information content (AvgIpc) is 3.04. The molecule has 0 bridgehead atoms. The van der Waals surface area contributed by atoms with Gasteiger partial charge in [-0.2, -0.15) is 0 Å². The van der Waals surface area contributed by atoms with Crippen molar-refractivity contribution in [3.63, 3.8) is 0 Å². The van der Waals surface area contributed by atoms with Gasteiger partial charge in [0.1, 0.15) is 0 Å². The van der Waals surface area contributed by atoms with E-state index in [0.29, 0.717) is 24.7 Å². The molecule has 0 saturated heterocycles. The predicted molar refractivity (Wildman–Crippen MR) is 118 cm³/mol. The average molecular weight is 407 g/mol. The SMILES string of the molecule is CC(C)(C)[Si](C)(CC1C=CC(=O)C1)O[Si](C)(CC1C=CC(=O)C1)C(C)(C)C. The third-order valence-corrected chi connectivity index (χ3v) is 19.5. The van der Waals surface area contributed by atoms with Crippen molar-refractivity contribution in [3.05, 3.63) is 24.3 Å². The Morgan fingerprint density at radius 3 is 1.37 bits per heavy atom. The van der Waals surface area contributed by atoms with Crippen LogP contribution in [-0.2, 0) is 13.7 Å². The summed E-state index contributed by atoms with van der Waals surface area (Å²) in [6.45, 7) is 18.6. The molecule has 0 fully saturated rings. The zero-order valence-electron chi connectivity index (χ0n) is 18.5. The molecule has 0 aliphatic heterocycles. The molecule has 0 radical (unpaired) electrons. The van der Waals surface area contributed by atoms with Crippen LogP contribution in [0.4, 0.5) is 0 Å². The van der Waals surface area contributed by atoms with Gasteiger partial charge in [-0.05, 0) is 59.2 Å². The lowest BCUT2D eigenvalue weighted by molar-refractivity contribution is -0.115. The van der Waals surface area contributed by atoms with Gasteiger partial charge in [-0.15, -0.1) is 0 Å². The van der Waals surface area contributed by atoms with Gasteiger partial charge in [0, 0.05) is 12.8 Å². The van der Waals surface area contributed by atoms with Gasteiger partial charge in [0.2, 0.25) is 0 Å². The van der Waals surface area contributed by atoms with Crippen LogP contribution in [0, 0.1) is 11.8 Å². The zero-order valence-corrected chi connectivity index (χ0v) is 20.5. The van der Waals surface area contributed by atoms with E-state index in [1.54, 1.807) is 12.2 Å². The Morgan fingerprint density at radius 1 is 0.815 bits per heavy atom. The molecule has 2 aliphatic carbocycles. The van der Waals surface area contributed by atoms with Crippen molar-refractivity contribution < 1.29 is 13.7 Å². The molecular weight excluding hydrogens is 368 g/mol. The van der Waals surface area contributed by atoms with Crippen molar-refractivity contribution in [1.82, 2.24) is 0 Å². The summed E-state index contributed by atoms with van der Waals surface area (Å²) in [5.74, 6) is 1.13. The number of rotatable bonds is 6. The Balaban J connectivity index is 2.29. The molecule has 3 nitrogen and oxygen atoms in total. The lowest BCUT2D eigenvalue weighted by atomic mass is 10.1. The zero-order chi connectivity index (χ0) is 20.7. The molecule has 0 aromatic rings. The fourth-order valence-corrected chi connectivity index (χ4v) is 14.9. The molecule has 2 aliphatic rings. The minimum atomic E-state index is -2.13. The molecule has 0 aromatic carbocycles. The van der Waals surface area contributed by atoms with Crippen LogP contribution in [0.2, 0.25) is 35.3 Å². The molecule has 152 valence electrons. The highest BCUT2D eigenvalue weighted by molar-refractivity contribution is 6.88. The van der Waals surface area contributed by atoms with Crippen LogP contribution in [0.15, 0.2) is 24.3 Å². The van der Waals surface area contributed by atoms with Crippen LogP contribution < -0.4 is 0 Å². The minimum absolute atomic E-state index is 0.0906. The molecule has 2 rings (SSSR count). The number of carbonyl (C=O) groups excluding carboxylic acids is 2. The van der Waals surface area contributed by atoms with Crippen molar-refractivity contribution in [1.29, 1.82) is 0 Å². The quantitative estimate of drug-likeness (QED) is 0.505. The Bertz CT molecular complexity index is 597. The van der Waals surface area contributed by atoms with Crippen molar-refractivity contribution in [2.45, 2.75) is 89.6 Å². The standard InChI is InChI=1S/C22H38O3Si2/c1-21(2,3)26(7,15-17-9-11-19(23)13-17)25-27(8,22(4,5)6)16-18-10-12-20(24)14-18/h9-12,17-18H,13-16H2,1-8H3. The molecule has 0 heterocycles. The van der Waals surface area contributed by atoms with Gasteiger partial charge in [-0.1, -0.05) is 53.7 Å². The van der Waals surface area contributed by atoms with Crippen LogP contribution in [0.25, 0.3) is 0 Å². The second-order valence-corrected chi connectivity index (χ2v) is 20.6. The smallest absolute Gasteiger partial charge is 0.182 e. The Kier molecular flexibility index (Phi) is 6.30. The number of allylic oxidation sites excluding steroid dienone is 4. The van der Waals surface area contributed by atoms with Crippen molar-refractivity contribution >= 4 is 28.2 Å². The summed E-state index contributed by atoms with van der Waals surface area (Å²) >= 11 is 0. The summed E-state index contributed by atoms with van der Waals surface area (Å²) in [7, 11) is -4.26. The Morgan fingerprint density at radius 2 is 1.15 bits per heavy atom. The predicted octanol–water partition coefficient (Wildman–Crippen LogP) is 6.04. The van der Waals surface area contributed by atoms with E-state index in [1.807, 2.05) is 0 Å². The van der Waals surface area contributed by atoms with E-state index in [4.69, 9.17) is 4.12 Å². The van der Waals surface area contributed by atoms with E-state index < -0.39 is 16.6 Å². The maximum atomic E-state index is 11.8. The number of hydrogen-bond donors (Lipinski definition) is 0. The number of hydrogen-bond acceptors (Lipinski definition) is 3. The summed E-state index contributed by atoms with van der Waals surface area (Å²) < 4.78 is 7.34. The van der Waals surface area contributed by atoms with Gasteiger partial charge in [-0.3, -0.25) is 9.59 Å². The third kappa shape index (κ3) is 5.18. The highest BCUT2D eigenvalue weighted by Gasteiger charge is 2.53. The van der Waals surface area contributed by atoms with Crippen LogP contribution in [0.5, 0.6) is 0 Å². The van der Waals surface area contributed by atoms with Crippen molar-refractivity contribution in [2.24, 2.45) is 11.8 Å². The highest BCUT2D eigenvalue weighted by atomic mass is 28.4. The highest BCUT2D eigenvalue weighted by Crippen LogP contribution is 2.50. The fourth-order valence-electron chi connectivity index (χ4n) is 4.06. The first-order valence-corrected chi connectivity index (χ1v) is 15.5. The maximum Gasteiger partial charge on any atom is 0.182 e. The van der Waals surface area contributed by atoms with Crippen LogP contribution in [0.3, 0.4) is 0 Å². The van der Waals surface area contributed by atoms with E-state index >= 15 is 0 Å². The van der Waals surface area contributed by atoms with Crippen LogP contribution in [-0.4, -0.2) is 28.2 Å². The van der Waals surface area contributed by atoms with E-state index in [1.165, 1.54) is 0 Å². The topological polar surface area (TPSA) is 43.4 Å². The molecular formula is C22H38O3Si2. The van der Waals surface area contributed by atoms with E-state index in [9.17, 15) is 9.59 Å². The fraction of sp³-hybridized carbons (Fsp3) is 0.727. The monoisotopic (exact) mass is 406 g/mol. The van der Waals surface area contributed by atoms with Gasteiger partial charge in [0.15, 0.2) is 28.2 Å². The molecule has 0 saturated carbocycles. The van der Waals surface area contributed by atoms with Crippen LogP contribution >= 0.6 is 0 Å². The molecule has 0 aromatic heterocycles. The minimum Gasteiger partial charge on any atom is -0.454 e. The van der Waals surface area contributed by atoms with Gasteiger partial charge in [-0.25, -0.2) is 0 Å². The maximum absolute atomic E-state index is 11.8. The molecule has 4 unspecified atom stereocenters. The third-order valence-electron chi connectivity index (χ3n) is 6.96. The molecule has 5 heteroatoms. The first kappa shape index (κ1) is 22.5. The van der Waals surface area contributed by atoms with Crippen molar-refractivity contribution in [3.8, 4) is 0 Å². The first-order chi connectivity index (χ1) is 12.2. The van der Waals surface area contributed by atoms with Crippen molar-refractivity contribution in [2.75, 3.05) is 0 Å².